The molecule has 0 aliphatic rings. The number of hydrogen-bond donors (Lipinski definition) is 0. The summed E-state index contributed by atoms with van der Waals surface area (Å²) >= 11 is 7.48. The number of rotatable bonds is 23. The van der Waals surface area contributed by atoms with Crippen molar-refractivity contribution in [3.8, 4) is 0 Å². The molecular weight excluding hydrogens is 518 g/mol. The Morgan fingerprint density at radius 1 is 0.439 bits per heavy atom. The van der Waals surface area contributed by atoms with Crippen molar-refractivity contribution in [2.45, 2.75) is 135 Å². The average Bonchev–Trinajstić information content (AvgIpc) is 3.00. The number of unbranched alkanes of at least 4 members (excludes halogenated alkanes) is 14. The molecule has 0 saturated carbocycles. The summed E-state index contributed by atoms with van der Waals surface area (Å²) in [5.74, 6) is 0. The highest BCUT2D eigenvalue weighted by Crippen LogP contribution is 2.32. The van der Waals surface area contributed by atoms with Crippen LogP contribution in [0.4, 0.5) is 0 Å². The molecule has 0 aliphatic carbocycles. The zero-order valence-corrected chi connectivity index (χ0v) is 26.8. The molecule has 0 aliphatic heterocycles. The van der Waals surface area contributed by atoms with Crippen LogP contribution < -0.4 is 0 Å². The fourth-order valence-electron chi connectivity index (χ4n) is 6.26. The van der Waals surface area contributed by atoms with Crippen molar-refractivity contribution in [3.63, 3.8) is 0 Å². The lowest BCUT2D eigenvalue weighted by molar-refractivity contribution is -0.977. The fraction of sp³-hybridized carbons (Fsp3) is 0.538. The van der Waals surface area contributed by atoms with E-state index in [1.54, 1.807) is 0 Å². The Labute approximate surface area is 257 Å². The maximum Gasteiger partial charge on any atom is 0.165 e. The number of quaternary nitrogens is 1. The first-order valence-corrected chi connectivity index (χ1v) is 17.3. The van der Waals surface area contributed by atoms with Gasteiger partial charge in [-0.1, -0.05) is 199 Å². The summed E-state index contributed by atoms with van der Waals surface area (Å²) in [7, 11) is 0. The van der Waals surface area contributed by atoms with Crippen molar-refractivity contribution in [1.82, 2.24) is 0 Å². The van der Waals surface area contributed by atoms with Crippen molar-refractivity contribution < 1.29 is 4.48 Å². The molecule has 3 aromatic rings. The quantitative estimate of drug-likeness (QED) is 0.0457. The Bertz CT molecular complexity index is 902. The number of benzene rings is 3. The Morgan fingerprint density at radius 3 is 1.05 bits per heavy atom. The maximum absolute atomic E-state index is 7.48. The van der Waals surface area contributed by atoms with Crippen molar-refractivity contribution in [3.05, 3.63) is 108 Å². The third-order valence-electron chi connectivity index (χ3n) is 8.66. The van der Waals surface area contributed by atoms with Crippen LogP contribution in [0.1, 0.15) is 126 Å². The second-order valence-electron chi connectivity index (χ2n) is 12.3. The topological polar surface area (TPSA) is 0 Å². The minimum absolute atomic E-state index is 0.0672. The number of halogens is 1. The second-order valence-corrected chi connectivity index (χ2v) is 12.8. The van der Waals surface area contributed by atoms with E-state index in [1.165, 1.54) is 113 Å². The van der Waals surface area contributed by atoms with Gasteiger partial charge in [0, 0.05) is 23.1 Å². The molecule has 3 rings (SSSR count). The van der Waals surface area contributed by atoms with E-state index in [-0.39, 0.29) is 5.50 Å². The van der Waals surface area contributed by atoms with E-state index in [2.05, 4.69) is 97.9 Å². The lowest BCUT2D eigenvalue weighted by atomic mass is 10.0. The van der Waals surface area contributed by atoms with Gasteiger partial charge < -0.3 is 0 Å². The molecule has 2 heteroatoms. The van der Waals surface area contributed by atoms with Crippen LogP contribution >= 0.6 is 11.6 Å². The van der Waals surface area contributed by atoms with Crippen molar-refractivity contribution in [2.75, 3.05) is 0 Å². The molecule has 0 saturated heterocycles. The Hall–Kier alpha value is -2.09. The second kappa shape index (κ2) is 20.7. The lowest BCUT2D eigenvalue weighted by Gasteiger charge is -2.43. The van der Waals surface area contributed by atoms with Crippen LogP contribution in [0.25, 0.3) is 0 Å². The van der Waals surface area contributed by atoms with Gasteiger partial charge in [0.25, 0.3) is 0 Å². The van der Waals surface area contributed by atoms with E-state index in [4.69, 9.17) is 11.6 Å². The monoisotopic (exact) mass is 574 g/mol. The number of nitrogens with zero attached hydrogens (tertiary/aromatic N) is 1. The summed E-state index contributed by atoms with van der Waals surface area (Å²) in [6.07, 6.45) is 22.0. The molecule has 0 radical (unpaired) electrons. The molecule has 0 N–H and O–H groups in total. The summed E-state index contributed by atoms with van der Waals surface area (Å²) in [4.78, 5) is 0. The smallest absolute Gasteiger partial charge is 0.165 e. The van der Waals surface area contributed by atoms with Crippen LogP contribution in [0.3, 0.4) is 0 Å². The van der Waals surface area contributed by atoms with Crippen LogP contribution in [-0.2, 0) is 19.6 Å². The highest BCUT2D eigenvalue weighted by molar-refractivity contribution is 6.19. The summed E-state index contributed by atoms with van der Waals surface area (Å²) < 4.78 is 0.845. The summed E-state index contributed by atoms with van der Waals surface area (Å²) in [5.41, 5.74) is 4.15. The van der Waals surface area contributed by atoms with E-state index in [9.17, 15) is 0 Å². The largest absolute Gasteiger partial charge is 0.297 e. The molecule has 224 valence electrons. The van der Waals surface area contributed by atoms with E-state index >= 15 is 0 Å². The van der Waals surface area contributed by atoms with E-state index in [0.29, 0.717) is 0 Å². The van der Waals surface area contributed by atoms with E-state index in [0.717, 1.165) is 30.5 Å². The van der Waals surface area contributed by atoms with Crippen LogP contribution in [-0.4, -0.2) is 9.98 Å². The van der Waals surface area contributed by atoms with Gasteiger partial charge in [-0.15, -0.1) is 0 Å². The molecule has 0 heterocycles. The third kappa shape index (κ3) is 13.6. The van der Waals surface area contributed by atoms with Gasteiger partial charge in [0.15, 0.2) is 5.50 Å². The Balaban J connectivity index is 1.47. The zero-order chi connectivity index (χ0) is 28.9. The lowest BCUT2D eigenvalue weighted by Crippen LogP contribution is -2.51. The predicted molar refractivity (Wildman–Crippen MR) is 180 cm³/mol. The maximum atomic E-state index is 7.48. The minimum atomic E-state index is 0.0672. The van der Waals surface area contributed by atoms with Crippen molar-refractivity contribution in [2.24, 2.45) is 0 Å². The van der Waals surface area contributed by atoms with E-state index < -0.39 is 0 Å². The molecule has 1 atom stereocenters. The molecule has 0 fully saturated rings. The minimum Gasteiger partial charge on any atom is -0.297 e. The molecule has 0 amide bonds. The first kappa shape index (κ1) is 33.4. The first-order chi connectivity index (χ1) is 20.2. The number of hydrogen-bond acceptors (Lipinski definition) is 0. The van der Waals surface area contributed by atoms with Crippen molar-refractivity contribution in [1.29, 1.82) is 0 Å². The fourth-order valence-corrected chi connectivity index (χ4v) is 6.63. The molecule has 0 spiro atoms. The Kier molecular flexibility index (Phi) is 16.9. The van der Waals surface area contributed by atoms with Gasteiger partial charge in [0.2, 0.25) is 0 Å². The van der Waals surface area contributed by atoms with Gasteiger partial charge in [-0.05, 0) is 6.42 Å². The van der Waals surface area contributed by atoms with Gasteiger partial charge in [-0.2, -0.15) is 0 Å². The molecular formula is C39H57ClN+. The normalized spacial score (nSPS) is 12.4. The van der Waals surface area contributed by atoms with Crippen LogP contribution in [0, 0.1) is 0 Å². The van der Waals surface area contributed by atoms with Crippen LogP contribution in [0.5, 0.6) is 0 Å². The number of alkyl halides is 1. The van der Waals surface area contributed by atoms with Gasteiger partial charge in [0.1, 0.15) is 19.6 Å². The molecule has 0 bridgehead atoms. The molecule has 1 unspecified atom stereocenters. The Morgan fingerprint density at radius 2 is 0.732 bits per heavy atom. The van der Waals surface area contributed by atoms with E-state index in [1.807, 2.05) is 0 Å². The van der Waals surface area contributed by atoms with Crippen molar-refractivity contribution >= 4 is 11.6 Å². The summed E-state index contributed by atoms with van der Waals surface area (Å²) in [6.45, 7) is 5.12. The zero-order valence-electron chi connectivity index (χ0n) is 26.0. The van der Waals surface area contributed by atoms with Gasteiger partial charge in [-0.3, -0.25) is 4.48 Å². The first-order valence-electron chi connectivity index (χ1n) is 16.8. The van der Waals surface area contributed by atoms with Gasteiger partial charge in [-0.25, -0.2) is 0 Å². The highest BCUT2D eigenvalue weighted by Gasteiger charge is 2.36. The SMILES string of the molecule is CCCCCCCCCCCCCCCCCC(Cl)[N+](Cc1ccccc1)(Cc1ccccc1)Cc1ccccc1. The highest BCUT2D eigenvalue weighted by atomic mass is 35.5. The van der Waals surface area contributed by atoms with Crippen LogP contribution in [0.2, 0.25) is 0 Å². The summed E-state index contributed by atoms with van der Waals surface area (Å²) in [5, 5.41) is 0. The molecule has 41 heavy (non-hydrogen) atoms. The third-order valence-corrected chi connectivity index (χ3v) is 9.29. The molecule has 0 aromatic heterocycles. The molecule has 3 aromatic carbocycles. The average molecular weight is 575 g/mol. The standard InChI is InChI=1S/C39H57ClN/c1-2-3-4-5-6-7-8-9-10-11-12-13-14-15-25-32-39(40)41(33-36-26-19-16-20-27-36,34-37-28-21-17-22-29-37)35-38-30-23-18-24-31-38/h16-24,26-31,39H,2-15,25,32-35H2,1H3/q+1. The molecule has 1 nitrogen and oxygen atoms in total. The summed E-state index contributed by atoms with van der Waals surface area (Å²) in [6, 6.07) is 32.9. The van der Waals surface area contributed by atoms with Gasteiger partial charge >= 0.3 is 0 Å². The van der Waals surface area contributed by atoms with Gasteiger partial charge in [0.05, 0.1) is 0 Å². The predicted octanol–water partition coefficient (Wildman–Crippen LogP) is 12.2. The van der Waals surface area contributed by atoms with Crippen LogP contribution in [0.15, 0.2) is 91.0 Å².